The number of aromatic nitrogens is 3. The zero-order valence-electron chi connectivity index (χ0n) is 19.9. The molecule has 7 nitrogen and oxygen atoms in total. The molecule has 9 heteroatoms. The highest BCUT2D eigenvalue weighted by Gasteiger charge is 2.16. The first-order chi connectivity index (χ1) is 17.5. The Hall–Kier alpha value is -3.75. The fourth-order valence-corrected chi connectivity index (χ4v) is 4.67. The average molecular weight is 521 g/mol. The molecule has 0 spiro atoms. The third-order valence-corrected chi connectivity index (χ3v) is 6.74. The van der Waals surface area contributed by atoms with E-state index in [0.29, 0.717) is 45.9 Å². The van der Waals surface area contributed by atoms with Gasteiger partial charge < -0.3 is 14.8 Å². The predicted octanol–water partition coefficient (Wildman–Crippen LogP) is 6.35. The molecule has 0 bridgehead atoms. The summed E-state index contributed by atoms with van der Waals surface area (Å²) < 4.78 is 12.5. The molecule has 0 aliphatic heterocycles. The monoisotopic (exact) mass is 520 g/mol. The summed E-state index contributed by atoms with van der Waals surface area (Å²) >= 11 is 7.93. The molecular formula is C27H25ClN4O3S. The van der Waals surface area contributed by atoms with Crippen molar-refractivity contribution >= 4 is 35.0 Å². The minimum Gasteiger partial charge on any atom is -0.493 e. The molecule has 0 fully saturated rings. The first-order valence-corrected chi connectivity index (χ1v) is 12.4. The number of thioether (sulfide) groups is 1. The van der Waals surface area contributed by atoms with Gasteiger partial charge in [0.1, 0.15) is 0 Å². The Morgan fingerprint density at radius 3 is 2.50 bits per heavy atom. The van der Waals surface area contributed by atoms with Gasteiger partial charge in [0.25, 0.3) is 5.91 Å². The number of amides is 1. The third kappa shape index (κ3) is 5.72. The molecule has 0 saturated heterocycles. The van der Waals surface area contributed by atoms with E-state index in [1.807, 2.05) is 41.0 Å². The zero-order valence-corrected chi connectivity index (χ0v) is 21.5. The number of ether oxygens (including phenoxy) is 2. The third-order valence-electron chi connectivity index (χ3n) is 5.37. The number of methoxy groups -OCH3 is 2. The van der Waals surface area contributed by atoms with Crippen LogP contribution in [0.5, 0.6) is 11.5 Å². The Kier molecular flexibility index (Phi) is 8.30. The lowest BCUT2D eigenvalue weighted by Crippen LogP contribution is -2.12. The maximum Gasteiger partial charge on any atom is 0.255 e. The summed E-state index contributed by atoms with van der Waals surface area (Å²) in [5.74, 6) is 2.29. The molecule has 184 valence electrons. The fourth-order valence-electron chi connectivity index (χ4n) is 3.55. The Bertz CT molecular complexity index is 1370. The SMILES string of the molecule is C=CCn1c(SCc2ccc(C(=O)Nc3ccc(OC)c(OC)c3)cc2)nnc1-c1ccccc1Cl. The summed E-state index contributed by atoms with van der Waals surface area (Å²) in [6.45, 7) is 4.42. The molecule has 3 aromatic carbocycles. The van der Waals surface area contributed by atoms with Crippen molar-refractivity contribution in [1.82, 2.24) is 14.8 Å². The number of benzene rings is 3. The summed E-state index contributed by atoms with van der Waals surface area (Å²) in [6.07, 6.45) is 1.81. The van der Waals surface area contributed by atoms with Gasteiger partial charge in [-0.25, -0.2) is 0 Å². The molecule has 0 unspecified atom stereocenters. The van der Waals surface area contributed by atoms with Gasteiger partial charge in [-0.2, -0.15) is 0 Å². The highest BCUT2D eigenvalue weighted by Crippen LogP contribution is 2.31. The number of halogens is 1. The van der Waals surface area contributed by atoms with Gasteiger partial charge in [-0.15, -0.1) is 16.8 Å². The van der Waals surface area contributed by atoms with Gasteiger partial charge in [-0.3, -0.25) is 9.36 Å². The lowest BCUT2D eigenvalue weighted by Gasteiger charge is -2.11. The maximum absolute atomic E-state index is 12.7. The second kappa shape index (κ2) is 11.8. The number of anilines is 1. The number of carbonyl (C=O) groups excluding carboxylic acids is 1. The van der Waals surface area contributed by atoms with Crippen LogP contribution in [0, 0.1) is 0 Å². The summed E-state index contributed by atoms with van der Waals surface area (Å²) in [7, 11) is 3.12. The van der Waals surface area contributed by atoms with Crippen LogP contribution in [-0.4, -0.2) is 34.9 Å². The fraction of sp³-hybridized carbons (Fsp3) is 0.148. The Morgan fingerprint density at radius 1 is 1.06 bits per heavy atom. The smallest absolute Gasteiger partial charge is 0.255 e. The number of hydrogen-bond donors (Lipinski definition) is 1. The highest BCUT2D eigenvalue weighted by molar-refractivity contribution is 7.98. The largest absolute Gasteiger partial charge is 0.493 e. The van der Waals surface area contributed by atoms with Gasteiger partial charge in [0.05, 0.1) is 19.2 Å². The minimum absolute atomic E-state index is 0.212. The van der Waals surface area contributed by atoms with Crippen LogP contribution in [0.1, 0.15) is 15.9 Å². The molecule has 0 atom stereocenters. The van der Waals surface area contributed by atoms with Crippen LogP contribution in [0.4, 0.5) is 5.69 Å². The summed E-state index contributed by atoms with van der Waals surface area (Å²) in [4.78, 5) is 12.7. The molecule has 1 amide bonds. The number of nitrogens with zero attached hydrogens (tertiary/aromatic N) is 3. The summed E-state index contributed by atoms with van der Waals surface area (Å²) in [5, 5.41) is 13.0. The first kappa shape index (κ1) is 25.3. The summed E-state index contributed by atoms with van der Waals surface area (Å²) in [6, 6.07) is 20.3. The van der Waals surface area contributed by atoms with Crippen LogP contribution in [0.25, 0.3) is 11.4 Å². The van der Waals surface area contributed by atoms with Crippen molar-refractivity contribution in [3.05, 3.63) is 95.5 Å². The second-order valence-electron chi connectivity index (χ2n) is 7.69. The molecule has 1 aromatic heterocycles. The van der Waals surface area contributed by atoms with Gasteiger partial charge in [-0.1, -0.05) is 53.7 Å². The van der Waals surface area contributed by atoms with E-state index in [0.717, 1.165) is 16.3 Å². The summed E-state index contributed by atoms with van der Waals surface area (Å²) in [5.41, 5.74) is 3.04. The van der Waals surface area contributed by atoms with Crippen LogP contribution in [0.15, 0.2) is 84.5 Å². The molecule has 0 aliphatic carbocycles. The predicted molar refractivity (Wildman–Crippen MR) is 144 cm³/mol. The van der Waals surface area contributed by atoms with Crippen LogP contribution in [-0.2, 0) is 12.3 Å². The van der Waals surface area contributed by atoms with E-state index in [4.69, 9.17) is 21.1 Å². The van der Waals surface area contributed by atoms with Crippen LogP contribution in [0.2, 0.25) is 5.02 Å². The quantitative estimate of drug-likeness (QED) is 0.194. The van der Waals surface area contributed by atoms with Crippen molar-refractivity contribution in [1.29, 1.82) is 0 Å². The van der Waals surface area contributed by atoms with Crippen molar-refractivity contribution in [2.24, 2.45) is 0 Å². The van der Waals surface area contributed by atoms with Crippen molar-refractivity contribution in [3.63, 3.8) is 0 Å². The number of nitrogens with one attached hydrogen (secondary N) is 1. The van der Waals surface area contributed by atoms with E-state index in [9.17, 15) is 4.79 Å². The van der Waals surface area contributed by atoms with E-state index < -0.39 is 0 Å². The molecule has 0 radical (unpaired) electrons. The van der Waals surface area contributed by atoms with E-state index >= 15 is 0 Å². The first-order valence-electron chi connectivity index (χ1n) is 11.1. The van der Waals surface area contributed by atoms with Crippen molar-refractivity contribution < 1.29 is 14.3 Å². The molecule has 0 saturated carbocycles. The number of allylic oxidation sites excluding steroid dienone is 1. The van der Waals surface area contributed by atoms with E-state index in [-0.39, 0.29) is 5.91 Å². The van der Waals surface area contributed by atoms with Crippen LogP contribution < -0.4 is 14.8 Å². The Balaban J connectivity index is 1.43. The molecule has 4 rings (SSSR count). The average Bonchev–Trinajstić information content (AvgIpc) is 3.30. The van der Waals surface area contributed by atoms with E-state index in [1.165, 1.54) is 0 Å². The standard InChI is InChI=1S/C27H25ClN4O3S/c1-4-15-32-25(21-7-5-6-8-22(21)28)30-31-27(32)36-17-18-9-11-19(12-10-18)26(33)29-20-13-14-23(34-2)24(16-20)35-3/h4-14,16H,1,15,17H2,2-3H3,(H,29,33). The molecule has 0 aliphatic rings. The van der Waals surface area contributed by atoms with Gasteiger partial charge in [-0.05, 0) is 42.0 Å². The Labute approximate surface area is 219 Å². The van der Waals surface area contributed by atoms with Crippen molar-refractivity contribution in [2.45, 2.75) is 17.5 Å². The van der Waals surface area contributed by atoms with Crippen LogP contribution >= 0.6 is 23.4 Å². The molecule has 1 heterocycles. The number of carbonyl (C=O) groups is 1. The Morgan fingerprint density at radius 2 is 1.81 bits per heavy atom. The van der Waals surface area contributed by atoms with Gasteiger partial charge in [0.15, 0.2) is 22.5 Å². The molecular weight excluding hydrogens is 496 g/mol. The molecule has 4 aromatic rings. The second-order valence-corrected chi connectivity index (χ2v) is 9.04. The van der Waals surface area contributed by atoms with Gasteiger partial charge >= 0.3 is 0 Å². The highest BCUT2D eigenvalue weighted by atomic mass is 35.5. The molecule has 36 heavy (non-hydrogen) atoms. The zero-order chi connectivity index (χ0) is 25.5. The van der Waals surface area contributed by atoms with Gasteiger partial charge in [0.2, 0.25) is 0 Å². The number of rotatable bonds is 10. The molecule has 1 N–H and O–H groups in total. The lowest BCUT2D eigenvalue weighted by molar-refractivity contribution is 0.102. The maximum atomic E-state index is 12.7. The normalized spacial score (nSPS) is 10.6. The minimum atomic E-state index is -0.212. The van der Waals surface area contributed by atoms with Gasteiger partial charge in [0, 0.05) is 35.2 Å². The van der Waals surface area contributed by atoms with Crippen LogP contribution in [0.3, 0.4) is 0 Å². The van der Waals surface area contributed by atoms with Crippen molar-refractivity contribution in [2.75, 3.05) is 19.5 Å². The van der Waals surface area contributed by atoms with E-state index in [2.05, 4.69) is 22.1 Å². The number of hydrogen-bond acceptors (Lipinski definition) is 6. The van der Waals surface area contributed by atoms with E-state index in [1.54, 1.807) is 62.4 Å². The topological polar surface area (TPSA) is 78.3 Å². The lowest BCUT2D eigenvalue weighted by atomic mass is 10.1. The van der Waals surface area contributed by atoms with Crippen molar-refractivity contribution in [3.8, 4) is 22.9 Å².